The highest BCUT2D eigenvalue weighted by atomic mass is 79.9. The fourth-order valence-electron chi connectivity index (χ4n) is 1.11. The first-order valence-corrected chi connectivity index (χ1v) is 5.84. The first kappa shape index (κ1) is 10.1. The highest BCUT2D eigenvalue weighted by molar-refractivity contribution is 9.08. The number of halogens is 2. The number of hydrogen-bond donors (Lipinski definition) is 0. The van der Waals surface area contributed by atoms with E-state index in [4.69, 9.17) is 4.74 Å². The smallest absolute Gasteiger partial charge is 0.126 e. The minimum Gasteiger partial charge on any atom is -0.496 e. The summed E-state index contributed by atoms with van der Waals surface area (Å²) in [6, 6.07) is 6.15. The van der Waals surface area contributed by atoms with Gasteiger partial charge in [0.2, 0.25) is 0 Å². The normalized spacial score (nSPS) is 9.92. The zero-order valence-corrected chi connectivity index (χ0v) is 9.98. The minimum absolute atomic E-state index is 0.830. The van der Waals surface area contributed by atoms with Gasteiger partial charge in [-0.05, 0) is 0 Å². The van der Waals surface area contributed by atoms with Gasteiger partial charge >= 0.3 is 0 Å². The van der Waals surface area contributed by atoms with E-state index in [2.05, 4.69) is 44.0 Å². The molecule has 0 atom stereocenters. The molecule has 66 valence electrons. The highest BCUT2D eigenvalue weighted by Gasteiger charge is 2.05. The summed E-state index contributed by atoms with van der Waals surface area (Å²) in [4.78, 5) is 0. The van der Waals surface area contributed by atoms with Gasteiger partial charge in [-0.25, -0.2) is 0 Å². The van der Waals surface area contributed by atoms with Gasteiger partial charge in [-0.1, -0.05) is 50.1 Å². The van der Waals surface area contributed by atoms with Crippen molar-refractivity contribution in [2.75, 3.05) is 7.11 Å². The van der Waals surface area contributed by atoms with Crippen LogP contribution >= 0.6 is 31.9 Å². The molecule has 0 heterocycles. The van der Waals surface area contributed by atoms with Crippen molar-refractivity contribution in [3.8, 4) is 5.75 Å². The highest BCUT2D eigenvalue weighted by Crippen LogP contribution is 2.27. The Kier molecular flexibility index (Phi) is 4.09. The topological polar surface area (TPSA) is 9.23 Å². The summed E-state index contributed by atoms with van der Waals surface area (Å²) in [5.41, 5.74) is 2.38. The summed E-state index contributed by atoms with van der Waals surface area (Å²) in [5, 5.41) is 1.66. The predicted molar refractivity (Wildman–Crippen MR) is 58.3 cm³/mol. The molecule has 0 aliphatic carbocycles. The molecule has 0 N–H and O–H groups in total. The number of ether oxygens (including phenoxy) is 1. The largest absolute Gasteiger partial charge is 0.496 e. The quantitative estimate of drug-likeness (QED) is 0.775. The zero-order chi connectivity index (χ0) is 8.97. The summed E-state index contributed by atoms with van der Waals surface area (Å²) in [6.45, 7) is 0. The molecule has 0 unspecified atom stereocenters. The van der Waals surface area contributed by atoms with Gasteiger partial charge < -0.3 is 4.74 Å². The molecular weight excluding hydrogens is 284 g/mol. The SMILES string of the molecule is COc1c(CBr)cccc1CBr. The molecule has 0 radical (unpaired) electrons. The molecule has 1 rings (SSSR count). The second kappa shape index (κ2) is 4.87. The standard InChI is InChI=1S/C9H10Br2O/c1-12-9-7(5-10)3-2-4-8(9)6-11/h2-4H,5-6H2,1H3. The Labute approximate surface area is 89.4 Å². The first-order chi connectivity index (χ1) is 5.83. The van der Waals surface area contributed by atoms with Gasteiger partial charge in [0.25, 0.3) is 0 Å². The van der Waals surface area contributed by atoms with E-state index < -0.39 is 0 Å². The molecule has 0 fully saturated rings. The number of methoxy groups -OCH3 is 1. The van der Waals surface area contributed by atoms with Gasteiger partial charge in [0.15, 0.2) is 0 Å². The molecule has 1 aromatic carbocycles. The summed E-state index contributed by atoms with van der Waals surface area (Å²) in [5.74, 6) is 0.978. The van der Waals surface area contributed by atoms with Crippen molar-refractivity contribution in [1.29, 1.82) is 0 Å². The number of hydrogen-bond acceptors (Lipinski definition) is 1. The van der Waals surface area contributed by atoms with Crippen molar-refractivity contribution in [1.82, 2.24) is 0 Å². The van der Waals surface area contributed by atoms with Gasteiger partial charge in [-0.3, -0.25) is 0 Å². The third-order valence-corrected chi connectivity index (χ3v) is 2.88. The minimum atomic E-state index is 0.830. The van der Waals surface area contributed by atoms with Crippen LogP contribution in [-0.2, 0) is 10.7 Å². The van der Waals surface area contributed by atoms with E-state index in [1.54, 1.807) is 7.11 Å². The summed E-state index contributed by atoms with van der Waals surface area (Å²) in [7, 11) is 1.70. The van der Waals surface area contributed by atoms with Crippen LogP contribution in [0.15, 0.2) is 18.2 Å². The lowest BCUT2D eigenvalue weighted by molar-refractivity contribution is 0.408. The molecule has 1 aromatic rings. The molecule has 0 saturated carbocycles. The predicted octanol–water partition coefficient (Wildman–Crippen LogP) is 3.49. The Hall–Kier alpha value is -0.0200. The summed E-state index contributed by atoms with van der Waals surface area (Å²) in [6.07, 6.45) is 0. The Balaban J connectivity index is 3.13. The maximum absolute atomic E-state index is 5.30. The molecular formula is C9H10Br2O. The van der Waals surface area contributed by atoms with Crippen molar-refractivity contribution in [2.24, 2.45) is 0 Å². The number of alkyl halides is 2. The van der Waals surface area contributed by atoms with E-state index in [1.807, 2.05) is 6.07 Å². The average Bonchev–Trinajstić information content (AvgIpc) is 2.16. The molecule has 3 heteroatoms. The maximum atomic E-state index is 5.30. The van der Waals surface area contributed by atoms with Crippen molar-refractivity contribution < 1.29 is 4.74 Å². The van der Waals surface area contributed by atoms with Crippen LogP contribution in [0, 0.1) is 0 Å². The van der Waals surface area contributed by atoms with Crippen LogP contribution in [0.4, 0.5) is 0 Å². The third-order valence-electron chi connectivity index (χ3n) is 1.67. The van der Waals surface area contributed by atoms with Crippen LogP contribution in [0.1, 0.15) is 11.1 Å². The Morgan fingerprint density at radius 3 is 2.00 bits per heavy atom. The third kappa shape index (κ3) is 2.02. The van der Waals surface area contributed by atoms with E-state index >= 15 is 0 Å². The second-order valence-electron chi connectivity index (χ2n) is 2.38. The molecule has 12 heavy (non-hydrogen) atoms. The molecule has 0 spiro atoms. The lowest BCUT2D eigenvalue weighted by Crippen LogP contribution is -1.93. The molecule has 0 amide bonds. The fraction of sp³-hybridized carbons (Fsp3) is 0.333. The second-order valence-corrected chi connectivity index (χ2v) is 3.50. The molecule has 0 bridgehead atoms. The van der Waals surface area contributed by atoms with Crippen molar-refractivity contribution >= 4 is 31.9 Å². The Morgan fingerprint density at radius 1 is 1.17 bits per heavy atom. The van der Waals surface area contributed by atoms with E-state index in [0.29, 0.717) is 0 Å². The monoisotopic (exact) mass is 292 g/mol. The van der Waals surface area contributed by atoms with Gasteiger partial charge in [-0.2, -0.15) is 0 Å². The molecule has 0 aromatic heterocycles. The van der Waals surface area contributed by atoms with Gasteiger partial charge in [0.1, 0.15) is 5.75 Å². The van der Waals surface area contributed by atoms with Crippen LogP contribution in [-0.4, -0.2) is 7.11 Å². The van der Waals surface area contributed by atoms with E-state index in [9.17, 15) is 0 Å². The summed E-state index contributed by atoms with van der Waals surface area (Å²) >= 11 is 6.83. The van der Waals surface area contributed by atoms with E-state index in [1.165, 1.54) is 11.1 Å². The van der Waals surface area contributed by atoms with Gasteiger partial charge in [0, 0.05) is 21.8 Å². The Bertz CT molecular complexity index is 238. The van der Waals surface area contributed by atoms with Crippen molar-refractivity contribution in [3.63, 3.8) is 0 Å². The van der Waals surface area contributed by atoms with Gasteiger partial charge in [-0.15, -0.1) is 0 Å². The van der Waals surface area contributed by atoms with Crippen LogP contribution in [0.5, 0.6) is 5.75 Å². The summed E-state index contributed by atoms with van der Waals surface area (Å²) < 4.78 is 5.30. The lowest BCUT2D eigenvalue weighted by Gasteiger charge is -2.09. The Morgan fingerprint density at radius 2 is 1.67 bits per heavy atom. The average molecular weight is 294 g/mol. The van der Waals surface area contributed by atoms with Crippen molar-refractivity contribution in [2.45, 2.75) is 10.7 Å². The molecule has 1 nitrogen and oxygen atoms in total. The van der Waals surface area contributed by atoms with Crippen LogP contribution in [0.2, 0.25) is 0 Å². The van der Waals surface area contributed by atoms with E-state index in [0.717, 1.165) is 16.4 Å². The first-order valence-electron chi connectivity index (χ1n) is 3.60. The zero-order valence-electron chi connectivity index (χ0n) is 6.81. The van der Waals surface area contributed by atoms with Crippen LogP contribution < -0.4 is 4.74 Å². The molecule has 0 aliphatic heterocycles. The van der Waals surface area contributed by atoms with E-state index in [-0.39, 0.29) is 0 Å². The van der Waals surface area contributed by atoms with Crippen LogP contribution in [0.25, 0.3) is 0 Å². The van der Waals surface area contributed by atoms with Gasteiger partial charge in [0.05, 0.1) is 7.11 Å². The van der Waals surface area contributed by atoms with Crippen molar-refractivity contribution in [3.05, 3.63) is 29.3 Å². The van der Waals surface area contributed by atoms with Crippen LogP contribution in [0.3, 0.4) is 0 Å². The lowest BCUT2D eigenvalue weighted by atomic mass is 10.1. The molecule has 0 saturated heterocycles. The fourth-order valence-corrected chi connectivity index (χ4v) is 1.99. The maximum Gasteiger partial charge on any atom is 0.126 e. The number of benzene rings is 1. The molecule has 0 aliphatic rings. The number of rotatable bonds is 3. The number of para-hydroxylation sites is 1.